The number of aliphatic hydroxyl groups is 1. The predicted octanol–water partition coefficient (Wildman–Crippen LogP) is 5.47. The number of esters is 1. The Balaban J connectivity index is 2.03. The molecule has 0 amide bonds. The molecule has 3 aromatic rings. The molecule has 3 aromatic heterocycles. The molecule has 2 atom stereocenters. The number of ether oxygens (including phenoxy) is 1. The van der Waals surface area contributed by atoms with E-state index in [4.69, 9.17) is 14.7 Å². The maximum absolute atomic E-state index is 12.8. The lowest BCUT2D eigenvalue weighted by Crippen LogP contribution is -2.14. The van der Waals surface area contributed by atoms with Crippen LogP contribution in [0.3, 0.4) is 0 Å². The molecule has 45 heavy (non-hydrogen) atoms. The van der Waals surface area contributed by atoms with Gasteiger partial charge >= 0.3 is 17.9 Å². The van der Waals surface area contributed by atoms with Crippen molar-refractivity contribution in [2.75, 3.05) is 7.11 Å². The molecule has 2 aliphatic heterocycles. The van der Waals surface area contributed by atoms with E-state index in [9.17, 15) is 29.7 Å². The van der Waals surface area contributed by atoms with Crippen molar-refractivity contribution in [3.05, 3.63) is 68.8 Å². The largest absolute Gasteiger partial charge is 0.481 e. The van der Waals surface area contributed by atoms with Crippen LogP contribution in [0.5, 0.6) is 0 Å². The number of fused-ring (bicyclic) bond motifs is 8. The second-order valence-electron chi connectivity index (χ2n) is 11.7. The van der Waals surface area contributed by atoms with Crippen LogP contribution in [0.25, 0.3) is 33.2 Å². The number of aromatic amines is 2. The third-order valence-corrected chi connectivity index (χ3v) is 9.20. The van der Waals surface area contributed by atoms with E-state index in [1.54, 1.807) is 6.92 Å². The number of carboxylic acids is 2. The van der Waals surface area contributed by atoms with E-state index >= 15 is 0 Å². The summed E-state index contributed by atoms with van der Waals surface area (Å²) < 4.78 is 5.02. The van der Waals surface area contributed by atoms with Gasteiger partial charge in [0.1, 0.15) is 0 Å². The number of hydrogen-bond acceptors (Lipinski definition) is 7. The van der Waals surface area contributed by atoms with E-state index in [-0.39, 0.29) is 43.1 Å². The molecule has 0 fully saturated rings. The van der Waals surface area contributed by atoms with Crippen LogP contribution in [0.1, 0.15) is 96.0 Å². The zero-order valence-electron chi connectivity index (χ0n) is 26.3. The summed E-state index contributed by atoms with van der Waals surface area (Å²) in [5.74, 6) is -3.48. The Labute approximate surface area is 260 Å². The van der Waals surface area contributed by atoms with Gasteiger partial charge in [0.2, 0.25) is 0 Å². The number of aliphatic hydroxyl groups excluding tert-OH is 1. The molecule has 5 rings (SSSR count). The summed E-state index contributed by atoms with van der Waals surface area (Å²) in [6.45, 7) is 9.41. The number of H-pyrrole nitrogens is 2. The van der Waals surface area contributed by atoms with Crippen LogP contribution in [-0.2, 0) is 38.6 Å². The van der Waals surface area contributed by atoms with Crippen LogP contribution in [0.15, 0.2) is 18.2 Å². The van der Waals surface area contributed by atoms with E-state index in [2.05, 4.69) is 9.97 Å². The molecule has 0 aromatic carbocycles. The highest BCUT2D eigenvalue weighted by atomic mass is 16.5. The van der Waals surface area contributed by atoms with Crippen LogP contribution in [0.4, 0.5) is 0 Å². The number of nitrogens with zero attached hydrogens (tertiary/aromatic N) is 2. The minimum absolute atomic E-state index is 0.0423. The Morgan fingerprint density at radius 3 is 2.16 bits per heavy atom. The van der Waals surface area contributed by atoms with Gasteiger partial charge in [-0.05, 0) is 74.1 Å². The molecular formula is C34H38N4O7. The van der Waals surface area contributed by atoms with Gasteiger partial charge in [-0.3, -0.25) is 14.6 Å². The van der Waals surface area contributed by atoms with Gasteiger partial charge in [-0.25, -0.2) is 9.78 Å². The van der Waals surface area contributed by atoms with Gasteiger partial charge in [-0.2, -0.15) is 0 Å². The molecule has 5 N–H and O–H groups in total. The molecule has 0 saturated heterocycles. The maximum atomic E-state index is 12.8. The second kappa shape index (κ2) is 12.3. The van der Waals surface area contributed by atoms with Crippen LogP contribution < -0.4 is 0 Å². The van der Waals surface area contributed by atoms with Crippen LogP contribution in [0, 0.1) is 13.8 Å². The van der Waals surface area contributed by atoms with Crippen molar-refractivity contribution in [2.45, 2.75) is 78.7 Å². The van der Waals surface area contributed by atoms with Crippen LogP contribution in [-0.4, -0.2) is 60.3 Å². The Morgan fingerprint density at radius 2 is 1.56 bits per heavy atom. The number of carboxylic acid groups (broad SMARTS) is 2. The van der Waals surface area contributed by atoms with Gasteiger partial charge in [0.25, 0.3) is 0 Å². The minimum atomic E-state index is -1.20. The number of rotatable bonds is 8. The molecule has 0 aliphatic carbocycles. The number of nitrogens with one attached hydrogen (secondary N) is 2. The monoisotopic (exact) mass is 614 g/mol. The number of allylic oxidation sites excluding steroid dienone is 1. The van der Waals surface area contributed by atoms with E-state index in [0.29, 0.717) is 34.6 Å². The van der Waals surface area contributed by atoms with Crippen molar-refractivity contribution in [3.8, 4) is 0 Å². The smallest absolute Gasteiger partial charge is 0.338 e. The maximum Gasteiger partial charge on any atom is 0.338 e. The van der Waals surface area contributed by atoms with Gasteiger partial charge in [0, 0.05) is 57.1 Å². The normalized spacial score (nSPS) is 16.2. The number of aryl methyl sites for hydroxylation is 3. The summed E-state index contributed by atoms with van der Waals surface area (Å²) in [5.41, 5.74) is 9.00. The van der Waals surface area contributed by atoms with Crippen molar-refractivity contribution < 1.29 is 34.4 Å². The third-order valence-electron chi connectivity index (χ3n) is 9.20. The Kier molecular flexibility index (Phi) is 8.66. The molecule has 2 aliphatic rings. The van der Waals surface area contributed by atoms with Crippen molar-refractivity contribution >= 4 is 51.1 Å². The molecule has 11 nitrogen and oxygen atoms in total. The van der Waals surface area contributed by atoms with E-state index in [0.717, 1.165) is 44.3 Å². The fraction of sp³-hybridized carbons (Fsp3) is 0.382. The number of carbonyl (C=O) groups is 3. The lowest BCUT2D eigenvalue weighted by Gasteiger charge is -2.17. The quantitative estimate of drug-likeness (QED) is 0.206. The Hall–Kier alpha value is -4.77. The summed E-state index contributed by atoms with van der Waals surface area (Å²) in [7, 11) is 1.25. The van der Waals surface area contributed by atoms with E-state index in [1.165, 1.54) is 7.11 Å². The third kappa shape index (κ3) is 5.64. The molecule has 0 unspecified atom stereocenters. The molecule has 5 heterocycles. The SMILES string of the molecule is CCc1c(C)c2cc3[nH]c(cc4nc(c(CC(=O)OC)c5nc(cc1[nH]2)C(C)=C5C(=O)O)[C@@H](CCC(=O)O)[C@@H]4C)c(C)c3CO. The van der Waals surface area contributed by atoms with Crippen molar-refractivity contribution in [1.82, 2.24) is 19.9 Å². The zero-order chi connectivity index (χ0) is 32.7. The van der Waals surface area contributed by atoms with Crippen LogP contribution in [0.2, 0.25) is 0 Å². The van der Waals surface area contributed by atoms with E-state index in [1.807, 2.05) is 45.9 Å². The number of methoxy groups -OCH3 is 1. The topological polar surface area (TPSA) is 178 Å². The predicted molar refractivity (Wildman–Crippen MR) is 170 cm³/mol. The first-order valence-corrected chi connectivity index (χ1v) is 15.0. The summed E-state index contributed by atoms with van der Waals surface area (Å²) in [5, 5.41) is 30.3. The lowest BCUT2D eigenvalue weighted by molar-refractivity contribution is -0.140. The van der Waals surface area contributed by atoms with Crippen molar-refractivity contribution in [3.63, 3.8) is 0 Å². The molecule has 0 saturated carbocycles. The molecule has 236 valence electrons. The fourth-order valence-corrected chi connectivity index (χ4v) is 6.57. The standard InChI is InChI=1S/C34H38N4O7/c1-7-19-15(2)24-12-28-22(14-39)17(4)23(36-28)11-25-16(3)20(8-9-29(40)41)32(37-25)21(10-30(42)45-6)33-31(34(43)44)18(5)26(38-33)13-27(19)35-24/h11-13,16,20,35-36,39H,7-10,14H2,1-6H3,(H,40,41)(H,43,44)/t16-,20-/m0/s1. The molecular weight excluding hydrogens is 576 g/mol. The number of hydrogen-bond donors (Lipinski definition) is 5. The number of carbonyl (C=O) groups excluding carboxylic acids is 1. The fourth-order valence-electron chi connectivity index (χ4n) is 6.57. The summed E-state index contributed by atoms with van der Waals surface area (Å²) >= 11 is 0. The first-order valence-electron chi connectivity index (χ1n) is 15.0. The second-order valence-corrected chi connectivity index (χ2v) is 11.7. The van der Waals surface area contributed by atoms with Gasteiger partial charge in [-0.15, -0.1) is 0 Å². The highest BCUT2D eigenvalue weighted by Gasteiger charge is 2.35. The van der Waals surface area contributed by atoms with E-state index < -0.39 is 23.8 Å². The number of aliphatic carboxylic acids is 2. The summed E-state index contributed by atoms with van der Waals surface area (Å²) in [6, 6.07) is 5.66. The average Bonchev–Trinajstić information content (AvgIpc) is 3.67. The zero-order valence-corrected chi connectivity index (χ0v) is 26.3. The minimum Gasteiger partial charge on any atom is -0.481 e. The molecule has 0 spiro atoms. The summed E-state index contributed by atoms with van der Waals surface area (Å²) in [4.78, 5) is 54.0. The first-order chi connectivity index (χ1) is 21.4. The molecule has 11 heteroatoms. The molecule has 8 bridgehead atoms. The van der Waals surface area contributed by atoms with Crippen molar-refractivity contribution in [1.29, 1.82) is 0 Å². The van der Waals surface area contributed by atoms with Gasteiger partial charge in [-0.1, -0.05) is 13.8 Å². The summed E-state index contributed by atoms with van der Waals surface area (Å²) in [6.07, 6.45) is 0.478. The van der Waals surface area contributed by atoms with Crippen LogP contribution >= 0.6 is 0 Å². The number of aromatic nitrogens is 4. The highest BCUT2D eigenvalue weighted by molar-refractivity contribution is 6.24. The lowest BCUT2D eigenvalue weighted by atomic mass is 9.84. The molecule has 0 radical (unpaired) electrons. The average molecular weight is 615 g/mol. The van der Waals surface area contributed by atoms with Crippen molar-refractivity contribution in [2.24, 2.45) is 0 Å². The Morgan fingerprint density at radius 1 is 0.911 bits per heavy atom. The van der Waals surface area contributed by atoms with Gasteiger partial charge in [0.05, 0.1) is 42.8 Å². The Bertz CT molecular complexity index is 1930. The van der Waals surface area contributed by atoms with Gasteiger partial charge in [0.15, 0.2) is 0 Å². The van der Waals surface area contributed by atoms with Gasteiger partial charge < -0.3 is 30.0 Å². The highest BCUT2D eigenvalue weighted by Crippen LogP contribution is 2.43. The first kappa shape index (κ1) is 31.6.